The Morgan fingerprint density at radius 2 is 1.70 bits per heavy atom. The van der Waals surface area contributed by atoms with Gasteiger partial charge in [-0.25, -0.2) is 0 Å². The van der Waals surface area contributed by atoms with Gasteiger partial charge in [-0.15, -0.1) is 0 Å². The second-order valence-electron chi connectivity index (χ2n) is 6.17. The van der Waals surface area contributed by atoms with Gasteiger partial charge in [-0.05, 0) is 44.4 Å². The van der Waals surface area contributed by atoms with Crippen molar-refractivity contribution in [2.75, 3.05) is 20.8 Å². The van der Waals surface area contributed by atoms with Crippen molar-refractivity contribution in [2.24, 2.45) is 0 Å². The molecule has 2 rings (SSSR count). The van der Waals surface area contributed by atoms with Crippen LogP contribution in [0, 0.1) is 0 Å². The molecule has 0 bridgehead atoms. The Balaban J connectivity index is 2.13. The van der Waals surface area contributed by atoms with Crippen LogP contribution in [0.2, 0.25) is 0 Å². The number of hydrogen-bond acceptors (Lipinski definition) is 4. The molecule has 0 atom stereocenters. The van der Waals surface area contributed by atoms with Crippen molar-refractivity contribution in [3.8, 4) is 11.5 Å². The molecule has 20 heavy (non-hydrogen) atoms. The summed E-state index contributed by atoms with van der Waals surface area (Å²) in [5, 5.41) is 10.1. The summed E-state index contributed by atoms with van der Waals surface area (Å²) in [7, 11) is 3.32. The van der Waals surface area contributed by atoms with Gasteiger partial charge in [-0.1, -0.05) is 0 Å². The highest BCUT2D eigenvalue weighted by molar-refractivity contribution is 5.38. The standard InChI is InChI=1S/C16H25NO3/c1-16(2,18)11-17(13-5-6-13)10-12-7-14(19-3)9-15(8-12)20-4/h7-9,13,18H,5-6,10-11H2,1-4H3. The minimum absolute atomic E-state index is 0.596. The monoisotopic (exact) mass is 279 g/mol. The molecule has 0 radical (unpaired) electrons. The summed E-state index contributed by atoms with van der Waals surface area (Å²) in [6.07, 6.45) is 2.44. The highest BCUT2D eigenvalue weighted by atomic mass is 16.5. The molecule has 1 aliphatic carbocycles. The van der Waals surface area contributed by atoms with E-state index in [4.69, 9.17) is 9.47 Å². The average Bonchev–Trinajstić information content (AvgIpc) is 3.20. The predicted octanol–water partition coefficient (Wildman–Crippen LogP) is 2.44. The molecule has 112 valence electrons. The summed E-state index contributed by atoms with van der Waals surface area (Å²) in [4.78, 5) is 2.34. The molecule has 1 fully saturated rings. The molecule has 4 nitrogen and oxygen atoms in total. The molecule has 0 spiro atoms. The second kappa shape index (κ2) is 6.02. The van der Waals surface area contributed by atoms with E-state index in [1.165, 1.54) is 12.8 Å². The van der Waals surface area contributed by atoms with Crippen LogP contribution in [0.5, 0.6) is 11.5 Å². The van der Waals surface area contributed by atoms with Crippen LogP contribution in [-0.4, -0.2) is 42.4 Å². The van der Waals surface area contributed by atoms with Gasteiger partial charge in [0, 0.05) is 25.2 Å². The van der Waals surface area contributed by atoms with E-state index < -0.39 is 5.60 Å². The third-order valence-corrected chi connectivity index (χ3v) is 3.45. The van der Waals surface area contributed by atoms with Gasteiger partial charge in [0.15, 0.2) is 0 Å². The molecule has 1 saturated carbocycles. The van der Waals surface area contributed by atoms with Crippen molar-refractivity contribution < 1.29 is 14.6 Å². The van der Waals surface area contributed by atoms with Gasteiger partial charge in [0.2, 0.25) is 0 Å². The quantitative estimate of drug-likeness (QED) is 0.832. The van der Waals surface area contributed by atoms with E-state index in [-0.39, 0.29) is 0 Å². The zero-order valence-corrected chi connectivity index (χ0v) is 12.8. The number of hydrogen-bond donors (Lipinski definition) is 1. The highest BCUT2D eigenvalue weighted by Crippen LogP contribution is 2.31. The summed E-state index contributed by atoms with van der Waals surface area (Å²) in [5.41, 5.74) is 0.475. The van der Waals surface area contributed by atoms with E-state index in [1.807, 2.05) is 32.0 Å². The molecular weight excluding hydrogens is 254 g/mol. The van der Waals surface area contributed by atoms with Gasteiger partial charge in [0.25, 0.3) is 0 Å². The lowest BCUT2D eigenvalue weighted by atomic mass is 10.1. The van der Waals surface area contributed by atoms with Crippen LogP contribution in [0.15, 0.2) is 18.2 Å². The molecule has 0 unspecified atom stereocenters. The Morgan fingerprint density at radius 3 is 2.10 bits per heavy atom. The Hall–Kier alpha value is -1.26. The van der Waals surface area contributed by atoms with Crippen LogP contribution >= 0.6 is 0 Å². The van der Waals surface area contributed by atoms with Gasteiger partial charge in [-0.3, -0.25) is 4.90 Å². The van der Waals surface area contributed by atoms with Crippen LogP contribution in [0.1, 0.15) is 32.3 Å². The predicted molar refractivity (Wildman–Crippen MR) is 79.3 cm³/mol. The van der Waals surface area contributed by atoms with Crippen LogP contribution < -0.4 is 9.47 Å². The maximum Gasteiger partial charge on any atom is 0.122 e. The SMILES string of the molecule is COc1cc(CN(CC(C)(C)O)C2CC2)cc(OC)c1. The van der Waals surface area contributed by atoms with Gasteiger partial charge in [-0.2, -0.15) is 0 Å². The van der Waals surface area contributed by atoms with Gasteiger partial charge < -0.3 is 14.6 Å². The van der Waals surface area contributed by atoms with Gasteiger partial charge in [0.1, 0.15) is 11.5 Å². The maximum absolute atomic E-state index is 10.1. The van der Waals surface area contributed by atoms with Gasteiger partial charge >= 0.3 is 0 Å². The van der Waals surface area contributed by atoms with Crippen molar-refractivity contribution in [1.29, 1.82) is 0 Å². The third kappa shape index (κ3) is 4.39. The van der Waals surface area contributed by atoms with Crippen LogP contribution in [0.25, 0.3) is 0 Å². The number of aliphatic hydroxyl groups is 1. The van der Waals surface area contributed by atoms with Crippen molar-refractivity contribution in [1.82, 2.24) is 4.90 Å². The molecule has 0 aliphatic heterocycles. The van der Waals surface area contributed by atoms with E-state index in [0.29, 0.717) is 12.6 Å². The average molecular weight is 279 g/mol. The second-order valence-corrected chi connectivity index (χ2v) is 6.17. The molecule has 1 N–H and O–H groups in total. The number of nitrogens with zero attached hydrogens (tertiary/aromatic N) is 1. The first kappa shape index (κ1) is 15.1. The zero-order chi connectivity index (χ0) is 14.8. The van der Waals surface area contributed by atoms with E-state index in [0.717, 1.165) is 23.6 Å². The molecule has 0 heterocycles. The fourth-order valence-electron chi connectivity index (χ4n) is 2.44. The van der Waals surface area contributed by atoms with E-state index >= 15 is 0 Å². The lowest BCUT2D eigenvalue weighted by molar-refractivity contribution is 0.0304. The minimum Gasteiger partial charge on any atom is -0.497 e. The largest absolute Gasteiger partial charge is 0.497 e. The highest BCUT2D eigenvalue weighted by Gasteiger charge is 2.32. The van der Waals surface area contributed by atoms with Crippen LogP contribution in [0.3, 0.4) is 0 Å². The zero-order valence-electron chi connectivity index (χ0n) is 12.8. The first-order valence-corrected chi connectivity index (χ1v) is 7.09. The van der Waals surface area contributed by atoms with Crippen LogP contribution in [-0.2, 0) is 6.54 Å². The molecule has 1 aliphatic rings. The number of methoxy groups -OCH3 is 2. The maximum atomic E-state index is 10.1. The van der Waals surface area contributed by atoms with E-state index in [2.05, 4.69) is 4.90 Å². The minimum atomic E-state index is -0.675. The number of benzene rings is 1. The Bertz CT molecular complexity index is 427. The van der Waals surface area contributed by atoms with Crippen LogP contribution in [0.4, 0.5) is 0 Å². The molecule has 4 heteroatoms. The molecule has 0 amide bonds. The molecule has 1 aromatic rings. The number of rotatable bonds is 7. The molecule has 0 aromatic heterocycles. The smallest absolute Gasteiger partial charge is 0.122 e. The lowest BCUT2D eigenvalue weighted by Gasteiger charge is -2.29. The normalized spacial score (nSPS) is 15.5. The summed E-state index contributed by atoms with van der Waals surface area (Å²) in [6.45, 7) is 5.20. The molecule has 1 aromatic carbocycles. The Kier molecular flexibility index (Phi) is 4.55. The summed E-state index contributed by atoms with van der Waals surface area (Å²) < 4.78 is 10.6. The van der Waals surface area contributed by atoms with Crippen molar-refractivity contribution >= 4 is 0 Å². The van der Waals surface area contributed by atoms with Crippen molar-refractivity contribution in [2.45, 2.75) is 44.9 Å². The van der Waals surface area contributed by atoms with E-state index in [9.17, 15) is 5.11 Å². The van der Waals surface area contributed by atoms with Crippen molar-refractivity contribution in [3.63, 3.8) is 0 Å². The Morgan fingerprint density at radius 1 is 1.15 bits per heavy atom. The first-order chi connectivity index (χ1) is 9.41. The van der Waals surface area contributed by atoms with Gasteiger partial charge in [0.05, 0.1) is 19.8 Å². The fourth-order valence-corrected chi connectivity index (χ4v) is 2.44. The molecule has 0 saturated heterocycles. The van der Waals surface area contributed by atoms with Crippen molar-refractivity contribution in [3.05, 3.63) is 23.8 Å². The summed E-state index contributed by atoms with van der Waals surface area (Å²) in [6, 6.07) is 6.53. The third-order valence-electron chi connectivity index (χ3n) is 3.45. The summed E-state index contributed by atoms with van der Waals surface area (Å²) in [5.74, 6) is 1.61. The Labute approximate surface area is 121 Å². The topological polar surface area (TPSA) is 41.9 Å². The number of ether oxygens (including phenoxy) is 2. The molecular formula is C16H25NO3. The summed E-state index contributed by atoms with van der Waals surface area (Å²) >= 11 is 0. The van der Waals surface area contributed by atoms with E-state index in [1.54, 1.807) is 14.2 Å². The lowest BCUT2D eigenvalue weighted by Crippen LogP contribution is -2.39. The fraction of sp³-hybridized carbons (Fsp3) is 0.625. The first-order valence-electron chi connectivity index (χ1n) is 7.09.